The lowest BCUT2D eigenvalue weighted by atomic mass is 9.83. The summed E-state index contributed by atoms with van der Waals surface area (Å²) in [5.74, 6) is 0.126. The fraction of sp³-hybridized carbons (Fsp3) is 0.429. The van der Waals surface area contributed by atoms with Gasteiger partial charge >= 0.3 is 6.09 Å². The average molecular weight is 538 g/mol. The molecule has 0 saturated heterocycles. The minimum Gasteiger partial charge on any atom is -0.453 e. The molecule has 1 aromatic carbocycles. The summed E-state index contributed by atoms with van der Waals surface area (Å²) >= 11 is 1.55. The van der Waals surface area contributed by atoms with Crippen LogP contribution in [-0.4, -0.2) is 47.3 Å². The molecular weight excluding hydrogens is 505 g/mol. The Bertz CT molecular complexity index is 1320. The Morgan fingerprint density at radius 1 is 1.16 bits per heavy atom. The van der Waals surface area contributed by atoms with Gasteiger partial charge in [-0.1, -0.05) is 12.1 Å². The smallest absolute Gasteiger partial charge is 0.409 e. The quantitative estimate of drug-likeness (QED) is 0.409. The topological polar surface area (TPSA) is 110 Å². The normalized spacial score (nSPS) is 20.0. The minimum absolute atomic E-state index is 0.124. The Balaban J connectivity index is 1.28. The summed E-state index contributed by atoms with van der Waals surface area (Å²) in [5.41, 5.74) is 9.02. The summed E-state index contributed by atoms with van der Waals surface area (Å²) in [6.07, 6.45) is 4.99. The van der Waals surface area contributed by atoms with Crippen molar-refractivity contribution in [3.63, 3.8) is 0 Å². The monoisotopic (exact) mass is 537 g/mol. The Hall–Kier alpha value is -3.37. The molecule has 0 aliphatic heterocycles. The second-order valence-electron chi connectivity index (χ2n) is 10.4. The number of benzene rings is 1. The minimum atomic E-state index is -0.560. The van der Waals surface area contributed by atoms with E-state index in [0.717, 1.165) is 49.7 Å². The van der Waals surface area contributed by atoms with Gasteiger partial charge in [-0.2, -0.15) is 11.3 Å². The zero-order valence-corrected chi connectivity index (χ0v) is 22.4. The fourth-order valence-electron chi connectivity index (χ4n) is 5.26. The lowest BCUT2D eigenvalue weighted by Crippen LogP contribution is -2.39. The number of hydrogen-bond donors (Lipinski definition) is 2. The highest BCUT2D eigenvalue weighted by molar-refractivity contribution is 7.08. The van der Waals surface area contributed by atoms with Crippen LogP contribution < -0.4 is 11.1 Å². The van der Waals surface area contributed by atoms with E-state index in [2.05, 4.69) is 15.5 Å². The first kappa shape index (κ1) is 26.2. The number of carbonyl (C=O) groups is 2. The van der Waals surface area contributed by atoms with Crippen LogP contribution in [0.5, 0.6) is 0 Å². The highest BCUT2D eigenvalue weighted by Gasteiger charge is 2.42. The summed E-state index contributed by atoms with van der Waals surface area (Å²) in [4.78, 5) is 26.3. The molecule has 38 heavy (non-hydrogen) atoms. The molecule has 2 aromatic heterocycles. The maximum atomic E-state index is 14.9. The van der Waals surface area contributed by atoms with Gasteiger partial charge in [0, 0.05) is 41.7 Å². The Morgan fingerprint density at radius 2 is 1.92 bits per heavy atom. The molecule has 0 bridgehead atoms. The number of amides is 2. The molecule has 3 aromatic rings. The first-order valence-electron chi connectivity index (χ1n) is 12.9. The maximum Gasteiger partial charge on any atom is 0.409 e. The van der Waals surface area contributed by atoms with Crippen LogP contribution in [0.4, 0.5) is 15.0 Å². The van der Waals surface area contributed by atoms with E-state index in [0.29, 0.717) is 29.1 Å². The number of nitrogens with one attached hydrogen (secondary N) is 1. The van der Waals surface area contributed by atoms with Crippen LogP contribution in [0.3, 0.4) is 0 Å². The van der Waals surface area contributed by atoms with E-state index >= 15 is 0 Å². The van der Waals surface area contributed by atoms with Gasteiger partial charge in [0.05, 0.1) is 7.11 Å². The molecule has 2 saturated carbocycles. The van der Waals surface area contributed by atoms with Crippen LogP contribution in [-0.2, 0) is 15.1 Å². The first-order valence-corrected chi connectivity index (χ1v) is 13.8. The number of halogens is 1. The lowest BCUT2D eigenvalue weighted by molar-refractivity contribution is -0.117. The predicted molar refractivity (Wildman–Crippen MR) is 145 cm³/mol. The molecule has 0 radical (unpaired) electrons. The van der Waals surface area contributed by atoms with Gasteiger partial charge in [-0.25, -0.2) is 9.18 Å². The van der Waals surface area contributed by atoms with Gasteiger partial charge in [0.1, 0.15) is 11.5 Å². The highest BCUT2D eigenvalue weighted by atomic mass is 32.1. The van der Waals surface area contributed by atoms with Crippen LogP contribution in [0.25, 0.3) is 22.4 Å². The average Bonchev–Trinajstić information content (AvgIpc) is 3.42. The summed E-state index contributed by atoms with van der Waals surface area (Å²) < 4.78 is 19.7. The molecule has 3 N–H and O–H groups in total. The Labute approximate surface area is 225 Å². The lowest BCUT2D eigenvalue weighted by Gasteiger charge is -2.33. The van der Waals surface area contributed by atoms with Crippen LogP contribution in [0.1, 0.15) is 50.5 Å². The Morgan fingerprint density at radius 3 is 2.55 bits per heavy atom. The number of nitrogens with zero attached hydrogens (tertiary/aromatic N) is 3. The SMILES string of the molecule is COC(=O)N(C)C1CCC(CC(=O)Nc2cc(-c3ccsc3)c(-c3ccc(C4(N)CC4)c(F)c3)nn2)CC1. The standard InChI is InChI=1S/C28H32FN5O3S/c1-34(27(36)37-2)20-6-3-17(4-7-20)13-25(35)31-24-15-21(19-9-12-38-16-19)26(33-32-24)18-5-8-22(23(29)14-18)28(30)10-11-28/h5,8-9,12,14-17,20H,3-4,6-7,10-11,13,30H2,1-2H3,(H,31,32,35). The van der Waals surface area contributed by atoms with Crippen LogP contribution >= 0.6 is 11.3 Å². The van der Waals surface area contributed by atoms with Gasteiger partial charge in [-0.3, -0.25) is 4.79 Å². The fourth-order valence-corrected chi connectivity index (χ4v) is 5.92. The molecule has 5 rings (SSSR count). The Kier molecular flexibility index (Phi) is 7.45. The molecule has 2 heterocycles. The van der Waals surface area contributed by atoms with Crippen molar-refractivity contribution in [1.29, 1.82) is 0 Å². The third-order valence-corrected chi connectivity index (χ3v) is 8.45. The third kappa shape index (κ3) is 5.56. The van der Waals surface area contributed by atoms with Gasteiger partial charge < -0.3 is 20.7 Å². The molecular formula is C28H32FN5O3S. The molecule has 2 amide bonds. The number of thiophene rings is 1. The second kappa shape index (κ2) is 10.8. The molecule has 2 aliphatic carbocycles. The van der Waals surface area contributed by atoms with Crippen LogP contribution in [0.2, 0.25) is 0 Å². The summed E-state index contributed by atoms with van der Waals surface area (Å²) in [5, 5.41) is 15.5. The van der Waals surface area contributed by atoms with Gasteiger partial charge in [0.2, 0.25) is 5.91 Å². The molecule has 2 aliphatic rings. The van der Waals surface area contributed by atoms with Gasteiger partial charge in [-0.05, 0) is 79.0 Å². The number of aromatic nitrogens is 2. The van der Waals surface area contributed by atoms with Crippen molar-refractivity contribution in [3.8, 4) is 22.4 Å². The van der Waals surface area contributed by atoms with Crippen molar-refractivity contribution in [2.75, 3.05) is 19.5 Å². The molecule has 200 valence electrons. The van der Waals surface area contributed by atoms with E-state index in [-0.39, 0.29) is 29.8 Å². The highest BCUT2D eigenvalue weighted by Crippen LogP contribution is 2.44. The van der Waals surface area contributed by atoms with Crippen molar-refractivity contribution >= 4 is 29.2 Å². The number of hydrogen-bond acceptors (Lipinski definition) is 7. The third-order valence-electron chi connectivity index (χ3n) is 7.76. The summed E-state index contributed by atoms with van der Waals surface area (Å²) in [6.45, 7) is 0. The maximum absolute atomic E-state index is 14.9. The number of rotatable bonds is 7. The number of methoxy groups -OCH3 is 1. The van der Waals surface area contributed by atoms with E-state index in [1.807, 2.05) is 22.9 Å². The summed E-state index contributed by atoms with van der Waals surface area (Å²) in [7, 11) is 3.13. The summed E-state index contributed by atoms with van der Waals surface area (Å²) in [6, 6.07) is 8.92. The zero-order chi connectivity index (χ0) is 26.9. The second-order valence-corrected chi connectivity index (χ2v) is 11.1. The molecule has 0 atom stereocenters. The number of nitrogens with two attached hydrogens (primary N) is 1. The van der Waals surface area contributed by atoms with Crippen molar-refractivity contribution in [3.05, 3.63) is 52.5 Å². The molecule has 0 unspecified atom stereocenters. The molecule has 2 fully saturated rings. The van der Waals surface area contributed by atoms with E-state index in [4.69, 9.17) is 10.5 Å². The molecule has 10 heteroatoms. The molecule has 8 nitrogen and oxygen atoms in total. The van der Waals surface area contributed by atoms with Crippen molar-refractivity contribution in [2.24, 2.45) is 11.7 Å². The number of carbonyl (C=O) groups excluding carboxylic acids is 2. The molecule has 0 spiro atoms. The van der Waals surface area contributed by atoms with Crippen LogP contribution in [0.15, 0.2) is 41.1 Å². The van der Waals surface area contributed by atoms with Gasteiger partial charge in [0.15, 0.2) is 5.82 Å². The van der Waals surface area contributed by atoms with E-state index in [9.17, 15) is 14.0 Å². The van der Waals surface area contributed by atoms with Gasteiger partial charge in [0.25, 0.3) is 0 Å². The van der Waals surface area contributed by atoms with Crippen LogP contribution in [0, 0.1) is 11.7 Å². The van der Waals surface area contributed by atoms with E-state index in [1.54, 1.807) is 35.4 Å². The van der Waals surface area contributed by atoms with E-state index in [1.165, 1.54) is 13.2 Å². The van der Waals surface area contributed by atoms with Crippen molar-refractivity contribution < 1.29 is 18.7 Å². The van der Waals surface area contributed by atoms with Gasteiger partial charge in [-0.15, -0.1) is 10.2 Å². The largest absolute Gasteiger partial charge is 0.453 e. The van der Waals surface area contributed by atoms with Crippen molar-refractivity contribution in [1.82, 2.24) is 15.1 Å². The number of ether oxygens (including phenoxy) is 1. The number of anilines is 1. The first-order chi connectivity index (χ1) is 18.3. The zero-order valence-electron chi connectivity index (χ0n) is 21.6. The predicted octanol–water partition coefficient (Wildman–Crippen LogP) is 5.54. The van der Waals surface area contributed by atoms with Crippen molar-refractivity contribution in [2.45, 2.75) is 56.5 Å². The van der Waals surface area contributed by atoms with E-state index < -0.39 is 5.54 Å².